The fraction of sp³-hybridized carbons (Fsp3) is 0.762. The number of hydrogen-bond donors (Lipinski definition) is 3. The molecule has 1 aromatic rings. The molecule has 14 heteroatoms. The van der Waals surface area contributed by atoms with Crippen LogP contribution in [0.5, 0.6) is 5.75 Å². The molecule has 7 aliphatic rings. The van der Waals surface area contributed by atoms with Gasteiger partial charge >= 0.3 is 19.3 Å². The van der Waals surface area contributed by atoms with Crippen LogP contribution in [0.2, 0.25) is 0 Å². The van der Waals surface area contributed by atoms with Crippen molar-refractivity contribution in [2.24, 2.45) is 28.6 Å². The average molecular weight is 779 g/mol. The van der Waals surface area contributed by atoms with E-state index in [1.807, 2.05) is 20.8 Å². The Hall–Kier alpha value is -3.52. The predicted octanol–water partition coefficient (Wildman–Crippen LogP) is 6.09. The zero-order valence-corrected chi connectivity index (χ0v) is 34.4. The molecule has 13 nitrogen and oxygen atoms in total. The summed E-state index contributed by atoms with van der Waals surface area (Å²) in [5.74, 6) is -0.243. The first-order valence-corrected chi connectivity index (χ1v) is 21.1. The summed E-state index contributed by atoms with van der Waals surface area (Å²) in [7, 11) is -0.631. The van der Waals surface area contributed by atoms with Gasteiger partial charge in [-0.3, -0.25) is 14.5 Å². The standard InChI is InChI=1S/C42H63BN4O9/c1-8-12-34(43-55-33-19-28-18-32(41(28,5)6)42(33,7)56-43)44-36(49)31-20-30(54-39(52)46-21-26-15-16-29(48)17-27(26)22-46)23-47(31)37(50)35(25-13-10-9-11-14-25)45-38(51)53-24-40(2,3)4/h15-17,25,28,30-35,48H,8-14,18-24H2,1-7H3,(H,44,49)(H,45,51)/t28-,30+,31-,32-,33+,34-,35-,42-/m0/s1. The van der Waals surface area contributed by atoms with Crippen molar-refractivity contribution < 1.29 is 43.1 Å². The minimum Gasteiger partial charge on any atom is -0.508 e. The highest BCUT2D eigenvalue weighted by molar-refractivity contribution is 6.48. The molecular formula is C42H63BN4O9. The second-order valence-corrected chi connectivity index (χ2v) is 19.5. The lowest BCUT2D eigenvalue weighted by atomic mass is 9.43. The van der Waals surface area contributed by atoms with E-state index in [1.54, 1.807) is 23.1 Å². The SMILES string of the molecule is CCC[C@H](NC(=O)[C@@H]1C[C@@H](OC(=O)N2Cc3ccc(O)cc3C2)CN1C(=O)[C@@H](NC(=O)OCC(C)(C)C)C1CCCCC1)B1O[C@@H]2C[C@@H]3C[C@@H](C3(C)C)[C@]2(C)O1. The Labute approximate surface area is 332 Å². The smallest absolute Gasteiger partial charge is 0.481 e. The van der Waals surface area contributed by atoms with Gasteiger partial charge < -0.3 is 39.4 Å². The van der Waals surface area contributed by atoms with Gasteiger partial charge in [0.1, 0.15) is 23.9 Å². The largest absolute Gasteiger partial charge is 0.508 e. The molecule has 3 heterocycles. The Bertz CT molecular complexity index is 1660. The van der Waals surface area contributed by atoms with E-state index in [-0.39, 0.29) is 66.5 Å². The summed E-state index contributed by atoms with van der Waals surface area (Å²) in [6, 6.07) is 3.17. The molecular weight excluding hydrogens is 715 g/mol. The number of carbonyl (C=O) groups excluding carboxylic acids is 4. The van der Waals surface area contributed by atoms with Crippen LogP contribution in [0, 0.1) is 28.6 Å². The van der Waals surface area contributed by atoms with E-state index in [2.05, 4.69) is 38.3 Å². The van der Waals surface area contributed by atoms with Crippen molar-refractivity contribution in [1.29, 1.82) is 0 Å². The van der Waals surface area contributed by atoms with E-state index in [9.17, 15) is 24.3 Å². The van der Waals surface area contributed by atoms with Gasteiger partial charge in [-0.15, -0.1) is 0 Å². The van der Waals surface area contributed by atoms with Gasteiger partial charge in [-0.05, 0) is 90.9 Å². The number of fused-ring (bicyclic) bond motifs is 1. The van der Waals surface area contributed by atoms with Gasteiger partial charge in [0, 0.05) is 19.5 Å². The molecule has 4 aliphatic carbocycles. The van der Waals surface area contributed by atoms with E-state index in [1.165, 1.54) is 4.90 Å². The van der Waals surface area contributed by atoms with E-state index in [4.69, 9.17) is 18.8 Å². The van der Waals surface area contributed by atoms with Crippen molar-refractivity contribution >= 4 is 31.1 Å². The highest BCUT2D eigenvalue weighted by atomic mass is 16.7. The first-order chi connectivity index (χ1) is 26.5. The van der Waals surface area contributed by atoms with E-state index in [0.29, 0.717) is 24.8 Å². The summed E-state index contributed by atoms with van der Waals surface area (Å²) >= 11 is 0. The summed E-state index contributed by atoms with van der Waals surface area (Å²) in [6.07, 6.45) is 5.96. The maximum atomic E-state index is 14.8. The van der Waals surface area contributed by atoms with Gasteiger partial charge in [-0.2, -0.15) is 0 Å². The van der Waals surface area contributed by atoms with Gasteiger partial charge in [0.25, 0.3) is 0 Å². The van der Waals surface area contributed by atoms with Crippen LogP contribution in [0.15, 0.2) is 18.2 Å². The van der Waals surface area contributed by atoms with Gasteiger partial charge in [0.15, 0.2) is 0 Å². The van der Waals surface area contributed by atoms with Crippen LogP contribution < -0.4 is 10.6 Å². The third-order valence-electron chi connectivity index (χ3n) is 13.8. The lowest BCUT2D eigenvalue weighted by Crippen LogP contribution is -2.65. The number of alkyl carbamates (subject to hydrolysis) is 1. The highest BCUT2D eigenvalue weighted by Gasteiger charge is 2.68. The molecule has 6 fully saturated rings. The van der Waals surface area contributed by atoms with Crippen molar-refractivity contribution in [3.8, 4) is 5.75 Å². The van der Waals surface area contributed by atoms with Crippen molar-refractivity contribution in [3.63, 3.8) is 0 Å². The zero-order valence-electron chi connectivity index (χ0n) is 34.4. The molecule has 3 N–H and O–H groups in total. The minimum absolute atomic E-state index is 0.000650. The number of aromatic hydroxyl groups is 1. The quantitative estimate of drug-likeness (QED) is 0.240. The Morgan fingerprint density at radius 1 is 1.02 bits per heavy atom. The minimum atomic E-state index is -0.961. The molecule has 2 saturated heterocycles. The number of phenols is 1. The number of benzene rings is 1. The summed E-state index contributed by atoms with van der Waals surface area (Å²) in [5, 5.41) is 16.1. The van der Waals surface area contributed by atoms with Crippen molar-refractivity contribution in [1.82, 2.24) is 20.4 Å². The molecule has 0 unspecified atom stereocenters. The molecule has 4 amide bonds. The predicted molar refractivity (Wildman–Crippen MR) is 209 cm³/mol. The molecule has 3 aliphatic heterocycles. The number of nitrogens with one attached hydrogen (secondary N) is 2. The third kappa shape index (κ3) is 8.11. The second-order valence-electron chi connectivity index (χ2n) is 19.5. The second kappa shape index (κ2) is 15.7. The number of rotatable bonds is 10. The molecule has 56 heavy (non-hydrogen) atoms. The number of ether oxygens (including phenoxy) is 2. The molecule has 8 rings (SSSR count). The lowest BCUT2D eigenvalue weighted by molar-refractivity contribution is -0.199. The van der Waals surface area contributed by atoms with Crippen LogP contribution in [0.25, 0.3) is 0 Å². The molecule has 0 aromatic heterocycles. The average Bonchev–Trinajstić information content (AvgIpc) is 3.87. The summed E-state index contributed by atoms with van der Waals surface area (Å²) in [6.45, 7) is 15.5. The normalized spacial score (nSPS) is 30.5. The van der Waals surface area contributed by atoms with E-state index >= 15 is 0 Å². The summed E-state index contributed by atoms with van der Waals surface area (Å²) in [4.78, 5) is 59.2. The van der Waals surface area contributed by atoms with Gasteiger partial charge in [0.05, 0.1) is 30.8 Å². The van der Waals surface area contributed by atoms with E-state index < -0.39 is 49.0 Å². The zero-order chi connectivity index (χ0) is 40.2. The highest BCUT2D eigenvalue weighted by Crippen LogP contribution is 2.65. The van der Waals surface area contributed by atoms with Gasteiger partial charge in [-0.25, -0.2) is 9.59 Å². The number of hydrogen-bond acceptors (Lipinski definition) is 9. The monoisotopic (exact) mass is 778 g/mol. The van der Waals surface area contributed by atoms with Crippen molar-refractivity contribution in [2.45, 2.75) is 162 Å². The first-order valence-electron chi connectivity index (χ1n) is 21.1. The van der Waals surface area contributed by atoms with Crippen LogP contribution in [-0.4, -0.2) is 95.0 Å². The van der Waals surface area contributed by atoms with Crippen LogP contribution in [-0.2, 0) is 41.5 Å². The summed E-state index contributed by atoms with van der Waals surface area (Å²) < 4.78 is 25.0. The lowest BCUT2D eigenvalue weighted by Gasteiger charge is -2.64. The number of likely N-dealkylation sites (tertiary alicyclic amines) is 1. The van der Waals surface area contributed by atoms with Crippen LogP contribution in [0.4, 0.5) is 9.59 Å². The Morgan fingerprint density at radius 3 is 2.45 bits per heavy atom. The van der Waals surface area contributed by atoms with Crippen LogP contribution in [0.3, 0.4) is 0 Å². The van der Waals surface area contributed by atoms with E-state index in [0.717, 1.165) is 62.5 Å². The maximum Gasteiger partial charge on any atom is 0.481 e. The number of carbonyl (C=O) groups is 4. The molecule has 2 bridgehead atoms. The number of phenolic OH excluding ortho intramolecular Hbond substituents is 1. The fourth-order valence-electron chi connectivity index (χ4n) is 10.5. The molecule has 1 aromatic carbocycles. The molecule has 8 atom stereocenters. The summed E-state index contributed by atoms with van der Waals surface area (Å²) in [5.41, 5.74) is 1.23. The van der Waals surface area contributed by atoms with Gasteiger partial charge in [0.2, 0.25) is 11.8 Å². The first kappa shape index (κ1) is 40.7. The number of nitrogens with zero attached hydrogens (tertiary/aromatic N) is 2. The van der Waals surface area contributed by atoms with Gasteiger partial charge in [-0.1, -0.05) is 73.3 Å². The molecule has 4 saturated carbocycles. The molecule has 0 radical (unpaired) electrons. The van der Waals surface area contributed by atoms with Crippen LogP contribution >= 0.6 is 0 Å². The van der Waals surface area contributed by atoms with Crippen molar-refractivity contribution in [3.05, 3.63) is 29.3 Å². The Balaban J connectivity index is 1.10. The Kier molecular flexibility index (Phi) is 11.4. The molecule has 308 valence electrons. The molecule has 0 spiro atoms. The maximum absolute atomic E-state index is 14.8. The number of amides is 4. The Morgan fingerprint density at radius 2 is 1.75 bits per heavy atom. The van der Waals surface area contributed by atoms with Crippen molar-refractivity contribution in [2.75, 3.05) is 13.2 Å². The third-order valence-corrected chi connectivity index (χ3v) is 13.8. The fourth-order valence-corrected chi connectivity index (χ4v) is 10.5. The van der Waals surface area contributed by atoms with Crippen LogP contribution in [0.1, 0.15) is 124 Å². The topological polar surface area (TPSA) is 156 Å².